The van der Waals surface area contributed by atoms with Crippen LogP contribution >= 0.6 is 0 Å². The van der Waals surface area contributed by atoms with E-state index in [-0.39, 0.29) is 0 Å². The van der Waals surface area contributed by atoms with E-state index in [4.69, 9.17) is 0 Å². The van der Waals surface area contributed by atoms with Crippen LogP contribution in [0.1, 0.15) is 13.8 Å². The SMILES string of the molecule is CCNC(=O)COC(=O)/C=C/C(=O)OCC(=O)NCC. The quantitative estimate of drug-likeness (QED) is 0.433. The summed E-state index contributed by atoms with van der Waals surface area (Å²) >= 11 is 0. The Balaban J connectivity index is 3.91. The van der Waals surface area contributed by atoms with Gasteiger partial charge < -0.3 is 20.1 Å². The fourth-order valence-electron chi connectivity index (χ4n) is 1.00. The van der Waals surface area contributed by atoms with E-state index in [0.717, 1.165) is 12.2 Å². The monoisotopic (exact) mass is 286 g/mol. The van der Waals surface area contributed by atoms with Crippen molar-refractivity contribution in [3.8, 4) is 0 Å². The fourth-order valence-corrected chi connectivity index (χ4v) is 1.00. The van der Waals surface area contributed by atoms with Crippen molar-refractivity contribution < 1.29 is 28.7 Å². The molecule has 20 heavy (non-hydrogen) atoms. The Morgan fingerprint density at radius 3 is 1.45 bits per heavy atom. The summed E-state index contributed by atoms with van der Waals surface area (Å²) in [5.41, 5.74) is 0. The van der Waals surface area contributed by atoms with E-state index in [2.05, 4.69) is 20.1 Å². The summed E-state index contributed by atoms with van der Waals surface area (Å²) in [4.78, 5) is 44.2. The van der Waals surface area contributed by atoms with Crippen LogP contribution in [0.3, 0.4) is 0 Å². The van der Waals surface area contributed by atoms with Gasteiger partial charge in [-0.1, -0.05) is 0 Å². The lowest BCUT2D eigenvalue weighted by molar-refractivity contribution is -0.145. The first kappa shape index (κ1) is 17.6. The molecule has 0 spiro atoms. The molecule has 0 rings (SSSR count). The van der Waals surface area contributed by atoms with Crippen LogP contribution in [0.4, 0.5) is 0 Å². The zero-order valence-corrected chi connectivity index (χ0v) is 11.4. The van der Waals surface area contributed by atoms with Crippen molar-refractivity contribution in [2.75, 3.05) is 26.3 Å². The van der Waals surface area contributed by atoms with Crippen LogP contribution in [-0.2, 0) is 28.7 Å². The van der Waals surface area contributed by atoms with Gasteiger partial charge in [0.25, 0.3) is 11.8 Å². The Hall–Kier alpha value is -2.38. The van der Waals surface area contributed by atoms with Crippen LogP contribution in [-0.4, -0.2) is 50.1 Å². The lowest BCUT2D eigenvalue weighted by Crippen LogP contribution is -2.28. The smallest absolute Gasteiger partial charge is 0.331 e. The Bertz CT molecular complexity index is 355. The molecule has 112 valence electrons. The van der Waals surface area contributed by atoms with Crippen molar-refractivity contribution in [2.24, 2.45) is 0 Å². The average molecular weight is 286 g/mol. The molecule has 2 N–H and O–H groups in total. The van der Waals surface area contributed by atoms with E-state index in [9.17, 15) is 19.2 Å². The summed E-state index contributed by atoms with van der Waals surface area (Å²) in [7, 11) is 0. The number of nitrogens with one attached hydrogen (secondary N) is 2. The van der Waals surface area contributed by atoms with Crippen LogP contribution in [0.5, 0.6) is 0 Å². The molecule has 0 atom stereocenters. The van der Waals surface area contributed by atoms with E-state index >= 15 is 0 Å². The number of carbonyl (C=O) groups is 4. The molecule has 0 aliphatic heterocycles. The highest BCUT2D eigenvalue weighted by Crippen LogP contribution is 1.86. The van der Waals surface area contributed by atoms with Gasteiger partial charge in [-0.3, -0.25) is 9.59 Å². The molecule has 0 unspecified atom stereocenters. The number of hydrogen-bond acceptors (Lipinski definition) is 6. The lowest BCUT2D eigenvalue weighted by Gasteiger charge is -2.02. The highest BCUT2D eigenvalue weighted by atomic mass is 16.5. The van der Waals surface area contributed by atoms with E-state index in [1.165, 1.54) is 0 Å². The minimum Gasteiger partial charge on any atom is -0.452 e. The second-order valence-corrected chi connectivity index (χ2v) is 3.46. The lowest BCUT2D eigenvalue weighted by atomic mass is 10.5. The van der Waals surface area contributed by atoms with Crippen molar-refractivity contribution in [2.45, 2.75) is 13.8 Å². The molecular weight excluding hydrogens is 268 g/mol. The van der Waals surface area contributed by atoms with Crippen LogP contribution in [0.15, 0.2) is 12.2 Å². The van der Waals surface area contributed by atoms with Gasteiger partial charge in [0.1, 0.15) is 0 Å². The Kier molecular flexibility index (Phi) is 9.28. The molecule has 0 bridgehead atoms. The van der Waals surface area contributed by atoms with Gasteiger partial charge in [-0.05, 0) is 13.8 Å². The van der Waals surface area contributed by atoms with Crippen LogP contribution in [0.25, 0.3) is 0 Å². The first-order chi connectivity index (χ1) is 9.49. The number of amides is 2. The van der Waals surface area contributed by atoms with Gasteiger partial charge in [-0.2, -0.15) is 0 Å². The molecule has 8 heteroatoms. The number of ether oxygens (including phenoxy) is 2. The predicted molar refractivity (Wildman–Crippen MR) is 68.4 cm³/mol. The predicted octanol–water partition coefficient (Wildman–Crippen LogP) is -1.10. The molecule has 0 saturated carbocycles. The normalized spacial score (nSPS) is 9.90. The minimum absolute atomic E-state index is 0.426. The number of hydrogen-bond donors (Lipinski definition) is 2. The van der Waals surface area contributed by atoms with E-state index < -0.39 is 37.0 Å². The van der Waals surface area contributed by atoms with Gasteiger partial charge in [0.2, 0.25) is 0 Å². The molecule has 0 radical (unpaired) electrons. The molecule has 0 aliphatic carbocycles. The van der Waals surface area contributed by atoms with Gasteiger partial charge in [0, 0.05) is 25.2 Å². The van der Waals surface area contributed by atoms with Crippen molar-refractivity contribution in [3.05, 3.63) is 12.2 Å². The second-order valence-electron chi connectivity index (χ2n) is 3.46. The highest BCUT2D eigenvalue weighted by molar-refractivity contribution is 5.93. The molecule has 8 nitrogen and oxygen atoms in total. The molecule has 0 aliphatic rings. The van der Waals surface area contributed by atoms with Crippen molar-refractivity contribution in [1.82, 2.24) is 10.6 Å². The highest BCUT2D eigenvalue weighted by Gasteiger charge is 2.06. The molecule has 0 fully saturated rings. The first-order valence-corrected chi connectivity index (χ1v) is 6.04. The van der Waals surface area contributed by atoms with Crippen molar-refractivity contribution in [3.63, 3.8) is 0 Å². The third-order valence-electron chi connectivity index (χ3n) is 1.79. The standard InChI is InChI=1S/C12H18N2O6/c1-3-13-9(15)7-19-11(17)5-6-12(18)20-8-10(16)14-4-2/h5-6H,3-4,7-8H2,1-2H3,(H,13,15)(H,14,16)/b6-5+. The fraction of sp³-hybridized carbons (Fsp3) is 0.500. The van der Waals surface area contributed by atoms with E-state index in [0.29, 0.717) is 13.1 Å². The van der Waals surface area contributed by atoms with Crippen LogP contribution in [0, 0.1) is 0 Å². The Morgan fingerprint density at radius 2 is 1.15 bits per heavy atom. The third-order valence-corrected chi connectivity index (χ3v) is 1.79. The summed E-state index contributed by atoms with van der Waals surface area (Å²) in [5.74, 6) is -2.58. The first-order valence-electron chi connectivity index (χ1n) is 6.04. The summed E-state index contributed by atoms with van der Waals surface area (Å²) < 4.78 is 9.09. The number of carbonyl (C=O) groups excluding carboxylic acids is 4. The average Bonchev–Trinajstić information content (AvgIpc) is 2.41. The summed E-state index contributed by atoms with van der Waals surface area (Å²) in [5, 5.41) is 4.87. The van der Waals surface area contributed by atoms with Gasteiger partial charge in [-0.25, -0.2) is 9.59 Å². The van der Waals surface area contributed by atoms with Crippen molar-refractivity contribution >= 4 is 23.8 Å². The maximum Gasteiger partial charge on any atom is 0.331 e. The van der Waals surface area contributed by atoms with Crippen LogP contribution in [0.2, 0.25) is 0 Å². The van der Waals surface area contributed by atoms with Gasteiger partial charge >= 0.3 is 11.9 Å². The molecule has 2 amide bonds. The molecule has 0 aromatic heterocycles. The second kappa shape index (κ2) is 10.5. The number of likely N-dealkylation sites (N-methyl/N-ethyl adjacent to an activating group) is 2. The summed E-state index contributed by atoms with van der Waals surface area (Å²) in [6.45, 7) is 3.46. The van der Waals surface area contributed by atoms with Gasteiger partial charge in [-0.15, -0.1) is 0 Å². The molecular formula is C12H18N2O6. The topological polar surface area (TPSA) is 111 Å². The zero-order valence-electron chi connectivity index (χ0n) is 11.4. The van der Waals surface area contributed by atoms with E-state index in [1.54, 1.807) is 13.8 Å². The number of esters is 2. The maximum atomic E-state index is 11.1. The Labute approximate surface area is 116 Å². The summed E-state index contributed by atoms with van der Waals surface area (Å²) in [6.07, 6.45) is 1.64. The number of rotatable bonds is 8. The molecule has 0 saturated heterocycles. The molecule has 0 aromatic carbocycles. The maximum absolute atomic E-state index is 11.1. The largest absolute Gasteiger partial charge is 0.452 e. The van der Waals surface area contributed by atoms with E-state index in [1.807, 2.05) is 0 Å². The minimum atomic E-state index is -0.855. The molecule has 0 aromatic rings. The van der Waals surface area contributed by atoms with Crippen molar-refractivity contribution in [1.29, 1.82) is 0 Å². The third kappa shape index (κ3) is 9.63. The van der Waals surface area contributed by atoms with Gasteiger partial charge in [0.05, 0.1) is 0 Å². The Morgan fingerprint density at radius 1 is 0.800 bits per heavy atom. The zero-order chi connectivity index (χ0) is 15.4. The molecule has 0 heterocycles. The van der Waals surface area contributed by atoms with Crippen LogP contribution < -0.4 is 10.6 Å². The summed E-state index contributed by atoms with van der Waals surface area (Å²) in [6, 6.07) is 0. The van der Waals surface area contributed by atoms with Gasteiger partial charge in [0.15, 0.2) is 13.2 Å².